The Morgan fingerprint density at radius 2 is 2.00 bits per heavy atom. The highest BCUT2D eigenvalue weighted by Crippen LogP contribution is 2.53. The van der Waals surface area contributed by atoms with Gasteiger partial charge in [0.15, 0.2) is 0 Å². The smallest absolute Gasteiger partial charge is 0.242 e. The second kappa shape index (κ2) is 6.39. The van der Waals surface area contributed by atoms with E-state index in [9.17, 15) is 0 Å². The van der Waals surface area contributed by atoms with E-state index in [0.29, 0.717) is 0 Å². The Balaban J connectivity index is 3.46. The highest BCUT2D eigenvalue weighted by molar-refractivity contribution is 8.67. The highest BCUT2D eigenvalue weighted by Gasteiger charge is 2.13. The van der Waals surface area contributed by atoms with Gasteiger partial charge < -0.3 is 9.79 Å². The molecule has 0 aliphatic rings. The van der Waals surface area contributed by atoms with Crippen LogP contribution >= 0.6 is 17.1 Å². The van der Waals surface area contributed by atoms with Gasteiger partial charge in [-0.05, 0) is 18.2 Å². The van der Waals surface area contributed by atoms with Crippen LogP contribution in [0.4, 0.5) is 0 Å². The third-order valence-corrected chi connectivity index (χ3v) is 5.08. The summed E-state index contributed by atoms with van der Waals surface area (Å²) in [5, 5.41) is 0.275. The van der Waals surface area contributed by atoms with Crippen molar-refractivity contribution in [3.05, 3.63) is 0 Å². The molecule has 0 saturated heterocycles. The molecule has 0 aromatic heterocycles. The summed E-state index contributed by atoms with van der Waals surface area (Å²) >= 11 is 5.67. The molecule has 0 amide bonds. The van der Waals surface area contributed by atoms with E-state index in [1.165, 1.54) is 12.8 Å². The first-order valence-corrected chi connectivity index (χ1v) is 8.39. The zero-order chi connectivity index (χ0) is 9.61. The van der Waals surface area contributed by atoms with Crippen molar-refractivity contribution in [2.75, 3.05) is 0 Å². The Bertz CT molecular complexity index is 157. The molecule has 0 aliphatic carbocycles. The van der Waals surface area contributed by atoms with E-state index in [0.717, 1.165) is 24.2 Å². The summed E-state index contributed by atoms with van der Waals surface area (Å²) in [6.45, 7) is 4.15. The SMILES string of the molecule is CCCCCC(C)SP(O)(O)=S. The zero-order valence-corrected chi connectivity index (χ0v) is 10.1. The van der Waals surface area contributed by atoms with Crippen molar-refractivity contribution >= 4 is 28.9 Å². The quantitative estimate of drug-likeness (QED) is 0.542. The summed E-state index contributed by atoms with van der Waals surface area (Å²) < 4.78 is 0. The molecule has 1 atom stereocenters. The van der Waals surface area contributed by atoms with Gasteiger partial charge in [-0.15, -0.1) is 0 Å². The van der Waals surface area contributed by atoms with Crippen LogP contribution in [0.3, 0.4) is 0 Å². The Hall–Kier alpha value is 0.920. The van der Waals surface area contributed by atoms with E-state index in [1.54, 1.807) is 0 Å². The van der Waals surface area contributed by atoms with E-state index in [4.69, 9.17) is 9.79 Å². The first-order chi connectivity index (χ1) is 5.45. The second-order valence-electron chi connectivity index (χ2n) is 2.90. The first-order valence-electron chi connectivity index (χ1n) is 4.19. The van der Waals surface area contributed by atoms with Crippen LogP contribution in [0, 0.1) is 0 Å². The maximum atomic E-state index is 8.99. The summed E-state index contributed by atoms with van der Waals surface area (Å²) in [7, 11) is 0. The summed E-state index contributed by atoms with van der Waals surface area (Å²) in [6, 6.07) is 0. The molecule has 0 bridgehead atoms. The predicted molar refractivity (Wildman–Crippen MR) is 59.9 cm³/mol. The molecule has 0 aliphatic heterocycles. The van der Waals surface area contributed by atoms with Gasteiger partial charge in [0.1, 0.15) is 0 Å². The standard InChI is InChI=1S/C7H17O2PS2/c1-3-4-5-6-7(2)12-10(8,9)11/h7H,3-6H2,1-2H3,(H2,8,9,11). The van der Waals surface area contributed by atoms with Crippen LogP contribution < -0.4 is 0 Å². The Kier molecular flexibility index (Phi) is 6.87. The largest absolute Gasteiger partial charge is 0.338 e. The molecule has 2 nitrogen and oxygen atoms in total. The molecular formula is C7H17O2PS2. The molecule has 2 N–H and O–H groups in total. The molecule has 0 fully saturated rings. The van der Waals surface area contributed by atoms with E-state index < -0.39 is 5.69 Å². The van der Waals surface area contributed by atoms with Crippen molar-refractivity contribution in [2.45, 2.75) is 44.8 Å². The molecule has 0 aromatic rings. The van der Waals surface area contributed by atoms with Crippen LogP contribution in [0.1, 0.15) is 39.5 Å². The maximum Gasteiger partial charge on any atom is 0.242 e. The Morgan fingerprint density at radius 1 is 1.42 bits per heavy atom. The number of hydrogen-bond acceptors (Lipinski definition) is 2. The zero-order valence-electron chi connectivity index (χ0n) is 7.56. The molecule has 74 valence electrons. The van der Waals surface area contributed by atoms with E-state index in [1.807, 2.05) is 6.92 Å². The van der Waals surface area contributed by atoms with Crippen molar-refractivity contribution in [3.63, 3.8) is 0 Å². The van der Waals surface area contributed by atoms with Gasteiger partial charge in [-0.3, -0.25) is 0 Å². The fraction of sp³-hybridized carbons (Fsp3) is 1.00. The summed E-state index contributed by atoms with van der Waals surface area (Å²) in [4.78, 5) is 18.0. The molecule has 1 unspecified atom stereocenters. The van der Waals surface area contributed by atoms with Crippen molar-refractivity contribution in [2.24, 2.45) is 0 Å². The van der Waals surface area contributed by atoms with Crippen molar-refractivity contribution < 1.29 is 9.79 Å². The Morgan fingerprint density at radius 3 is 2.42 bits per heavy atom. The molecule has 0 rings (SSSR count). The van der Waals surface area contributed by atoms with Gasteiger partial charge in [-0.2, -0.15) is 0 Å². The van der Waals surface area contributed by atoms with Crippen LogP contribution in [0.25, 0.3) is 0 Å². The number of rotatable bonds is 6. The van der Waals surface area contributed by atoms with Crippen LogP contribution in [0.15, 0.2) is 0 Å². The molecular weight excluding hydrogens is 211 g/mol. The molecule has 0 saturated carbocycles. The van der Waals surface area contributed by atoms with Crippen molar-refractivity contribution in [3.8, 4) is 0 Å². The normalized spacial score (nSPS) is 14.7. The lowest BCUT2D eigenvalue weighted by atomic mass is 10.2. The lowest BCUT2D eigenvalue weighted by molar-refractivity contribution is 0.501. The van der Waals surface area contributed by atoms with Gasteiger partial charge >= 0.3 is 0 Å². The minimum absolute atomic E-state index is 0.275. The molecule has 0 radical (unpaired) electrons. The van der Waals surface area contributed by atoms with Crippen LogP contribution in [-0.2, 0) is 11.8 Å². The lowest BCUT2D eigenvalue weighted by Crippen LogP contribution is -1.95. The molecule has 0 spiro atoms. The first kappa shape index (κ1) is 12.9. The number of hydrogen-bond donors (Lipinski definition) is 2. The van der Waals surface area contributed by atoms with Crippen molar-refractivity contribution in [1.82, 2.24) is 0 Å². The number of unbranched alkanes of at least 4 members (excludes halogenated alkanes) is 2. The highest BCUT2D eigenvalue weighted by atomic mass is 32.9. The van der Waals surface area contributed by atoms with Gasteiger partial charge in [0.2, 0.25) is 5.69 Å². The van der Waals surface area contributed by atoms with Crippen molar-refractivity contribution in [1.29, 1.82) is 0 Å². The monoisotopic (exact) mass is 228 g/mol. The second-order valence-corrected chi connectivity index (χ2v) is 9.28. The Labute approximate surface area is 83.7 Å². The summed E-state index contributed by atoms with van der Waals surface area (Å²) in [5.41, 5.74) is -3.02. The third-order valence-electron chi connectivity index (χ3n) is 1.53. The van der Waals surface area contributed by atoms with E-state index in [-0.39, 0.29) is 5.25 Å². The van der Waals surface area contributed by atoms with E-state index >= 15 is 0 Å². The molecule has 0 aromatic carbocycles. The average Bonchev–Trinajstić information content (AvgIpc) is 1.84. The van der Waals surface area contributed by atoms with Gasteiger partial charge in [-0.25, -0.2) is 0 Å². The van der Waals surface area contributed by atoms with E-state index in [2.05, 4.69) is 18.7 Å². The van der Waals surface area contributed by atoms with Crippen LogP contribution in [-0.4, -0.2) is 15.0 Å². The van der Waals surface area contributed by atoms with Gasteiger partial charge in [0.05, 0.1) is 0 Å². The summed E-state index contributed by atoms with van der Waals surface area (Å²) in [5.74, 6) is 0. The van der Waals surface area contributed by atoms with Gasteiger partial charge in [0.25, 0.3) is 0 Å². The minimum Gasteiger partial charge on any atom is -0.338 e. The summed E-state index contributed by atoms with van der Waals surface area (Å²) in [6.07, 6.45) is 4.59. The van der Waals surface area contributed by atoms with Gasteiger partial charge in [0, 0.05) is 5.25 Å². The van der Waals surface area contributed by atoms with Gasteiger partial charge in [-0.1, -0.05) is 44.5 Å². The average molecular weight is 228 g/mol. The molecule has 12 heavy (non-hydrogen) atoms. The fourth-order valence-electron chi connectivity index (χ4n) is 0.969. The maximum absolute atomic E-state index is 8.99. The predicted octanol–water partition coefficient (Wildman–Crippen LogP) is 2.90. The molecule has 5 heteroatoms. The lowest BCUT2D eigenvalue weighted by Gasteiger charge is -2.13. The van der Waals surface area contributed by atoms with Crippen LogP contribution in [0.2, 0.25) is 0 Å². The fourth-order valence-corrected chi connectivity index (χ4v) is 4.75. The van der Waals surface area contributed by atoms with Crippen LogP contribution in [0.5, 0.6) is 0 Å². The third kappa shape index (κ3) is 9.01. The molecule has 0 heterocycles. The minimum atomic E-state index is -3.02. The topological polar surface area (TPSA) is 40.5 Å².